The van der Waals surface area contributed by atoms with Gasteiger partial charge in [0.1, 0.15) is 0 Å². The third-order valence-corrected chi connectivity index (χ3v) is 0. The van der Waals surface area contributed by atoms with Gasteiger partial charge < -0.3 is 0 Å². The van der Waals surface area contributed by atoms with Gasteiger partial charge in [-0.2, -0.15) is 8.42 Å². The van der Waals surface area contributed by atoms with Gasteiger partial charge in [-0.1, -0.05) is 0 Å². The van der Waals surface area contributed by atoms with Gasteiger partial charge in [-0.3, -0.25) is 4.55 Å². The molecular weight excluding hydrogens is 132 g/mol. The van der Waals surface area contributed by atoms with Crippen LogP contribution in [0.2, 0.25) is 0 Å². The van der Waals surface area contributed by atoms with Crippen molar-refractivity contribution in [3.8, 4) is 0 Å². The molecule has 0 atom stereocenters. The molecule has 6 heavy (non-hydrogen) atoms. The second kappa shape index (κ2) is 3.21. The normalized spacial score (nSPS) is 9.67. The molecule has 1 N–H and O–H groups in total. The van der Waals surface area contributed by atoms with Crippen molar-refractivity contribution in [1.29, 1.82) is 0 Å². The van der Waals surface area contributed by atoms with E-state index >= 15 is 0 Å². The largest absolute Gasteiger partial charge is 0.286 e. The van der Waals surface area contributed by atoms with Crippen LogP contribution in [-0.4, -0.2) is 57.0 Å². The summed E-state index contributed by atoms with van der Waals surface area (Å²) in [4.78, 5) is 0. The molecule has 0 spiro atoms. The number of hydrogen-bond acceptors (Lipinski definition) is 2. The molecule has 0 aliphatic carbocycles. The van der Waals surface area contributed by atoms with Crippen molar-refractivity contribution in [3.63, 3.8) is 0 Å². The minimum atomic E-state index is -3.67. The predicted molar refractivity (Wildman–Crippen MR) is 23.2 cm³/mol. The molecule has 0 aromatic rings. The maximum absolute atomic E-state index is 9.19. The smallest absolute Gasteiger partial charge is 0.261 e. The Bertz CT molecular complexity index is 94.0. The molecule has 0 aromatic heterocycles. The molecule has 0 saturated heterocycles. The van der Waals surface area contributed by atoms with Gasteiger partial charge in [0.25, 0.3) is 10.1 Å². The maximum atomic E-state index is 9.19. The van der Waals surface area contributed by atoms with Gasteiger partial charge in [0, 0.05) is 37.7 Å². The second-order valence-electron chi connectivity index (χ2n) is 0.733. The number of rotatable bonds is 0. The summed E-state index contributed by atoms with van der Waals surface area (Å²) in [5.41, 5.74) is 0. The van der Waals surface area contributed by atoms with Gasteiger partial charge in [-0.25, -0.2) is 0 Å². The van der Waals surface area contributed by atoms with E-state index in [2.05, 4.69) is 0 Å². The summed E-state index contributed by atoms with van der Waals surface area (Å²) in [5.74, 6) is 0. The average Bonchev–Trinajstić information content (AvgIpc) is 0.722. The minimum Gasteiger partial charge on any atom is -0.286 e. The third-order valence-electron chi connectivity index (χ3n) is 0. The first-order valence-corrected chi connectivity index (χ1v) is 2.77. The Kier molecular flexibility index (Phi) is 5.46. The van der Waals surface area contributed by atoms with Crippen LogP contribution >= 0.6 is 0 Å². The fourth-order valence-electron chi connectivity index (χ4n) is 0. The van der Waals surface area contributed by atoms with Crippen molar-refractivity contribution in [2.24, 2.45) is 0 Å². The third kappa shape index (κ3) is 65.7. The fraction of sp³-hybridized carbons (Fsp3) is 1.00. The van der Waals surface area contributed by atoms with Gasteiger partial charge in [-0.05, 0) is 0 Å². The quantitative estimate of drug-likeness (QED) is 0.347. The molecule has 0 saturated carbocycles. The van der Waals surface area contributed by atoms with Gasteiger partial charge in [-0.15, -0.1) is 0 Å². The second-order valence-corrected chi connectivity index (χ2v) is 2.20. The molecule has 0 aliphatic rings. The zero-order valence-corrected chi connectivity index (χ0v) is 6.40. The van der Waals surface area contributed by atoms with Gasteiger partial charge in [0.05, 0.1) is 6.26 Å². The van der Waals surface area contributed by atoms with Crippen LogP contribution < -0.4 is 0 Å². The van der Waals surface area contributed by atoms with Gasteiger partial charge >= 0.3 is 0 Å². The fourth-order valence-corrected chi connectivity index (χ4v) is 0. The molecule has 0 fully saturated rings. The molecule has 0 unspecified atom stereocenters. The van der Waals surface area contributed by atoms with Crippen LogP contribution in [0.5, 0.6) is 0 Å². The standard InChI is InChI=1S/CH4O3S.Ca/c1-5(2,3)4;/h1H3,(H,2,3,4);. The zero-order chi connectivity index (χ0) is 4.50. The van der Waals surface area contributed by atoms with Crippen LogP contribution in [0.4, 0.5) is 0 Å². The van der Waals surface area contributed by atoms with E-state index in [-0.39, 0.29) is 37.7 Å². The first-order valence-electron chi connectivity index (χ1n) is 0.924. The molecule has 0 bridgehead atoms. The van der Waals surface area contributed by atoms with Crippen LogP contribution in [-0.2, 0) is 10.1 Å². The molecule has 5 heteroatoms. The molecule has 3 nitrogen and oxygen atoms in total. The van der Waals surface area contributed by atoms with Gasteiger partial charge in [0.15, 0.2) is 0 Å². The van der Waals surface area contributed by atoms with Crippen molar-refractivity contribution in [3.05, 3.63) is 0 Å². The van der Waals surface area contributed by atoms with E-state index in [1.165, 1.54) is 0 Å². The summed E-state index contributed by atoms with van der Waals surface area (Å²) >= 11 is 0. The average molecular weight is 136 g/mol. The van der Waals surface area contributed by atoms with Crippen molar-refractivity contribution in [1.82, 2.24) is 0 Å². The first kappa shape index (κ1) is 10.2. The van der Waals surface area contributed by atoms with E-state index in [1.807, 2.05) is 0 Å². The topological polar surface area (TPSA) is 54.4 Å². The van der Waals surface area contributed by atoms with Crippen LogP contribution in [0.15, 0.2) is 0 Å². The zero-order valence-electron chi connectivity index (χ0n) is 3.38. The van der Waals surface area contributed by atoms with Crippen LogP contribution in [0.3, 0.4) is 0 Å². The summed E-state index contributed by atoms with van der Waals surface area (Å²) in [6, 6.07) is 0. The molecule has 0 heterocycles. The Morgan fingerprint density at radius 2 is 1.50 bits per heavy atom. The molecule has 34 valence electrons. The molecule has 0 rings (SSSR count). The van der Waals surface area contributed by atoms with E-state index in [9.17, 15) is 8.42 Å². The van der Waals surface area contributed by atoms with E-state index < -0.39 is 10.1 Å². The minimum absolute atomic E-state index is 0. The Hall–Kier alpha value is 1.17. The summed E-state index contributed by atoms with van der Waals surface area (Å²) in [5, 5.41) is 0. The Balaban J connectivity index is 0. The molecular formula is CH4CaO3S. The van der Waals surface area contributed by atoms with Crippen molar-refractivity contribution < 1.29 is 13.0 Å². The van der Waals surface area contributed by atoms with Crippen LogP contribution in [0, 0.1) is 0 Å². The molecule has 0 aliphatic heterocycles. The van der Waals surface area contributed by atoms with Crippen molar-refractivity contribution in [2.45, 2.75) is 0 Å². The summed E-state index contributed by atoms with van der Waals surface area (Å²) in [6.07, 6.45) is 0.715. The van der Waals surface area contributed by atoms with Crippen molar-refractivity contribution in [2.75, 3.05) is 6.26 Å². The first-order chi connectivity index (χ1) is 2.00. The monoisotopic (exact) mass is 136 g/mol. The van der Waals surface area contributed by atoms with E-state index in [0.717, 1.165) is 0 Å². The summed E-state index contributed by atoms with van der Waals surface area (Å²) in [7, 11) is -3.67. The predicted octanol–water partition coefficient (Wildman–Crippen LogP) is -0.877. The van der Waals surface area contributed by atoms with E-state index in [0.29, 0.717) is 6.26 Å². The Morgan fingerprint density at radius 3 is 1.50 bits per heavy atom. The SMILES string of the molecule is CS(=O)(=O)O.[Ca]. The molecule has 0 amide bonds. The Labute approximate surface area is 66.5 Å². The van der Waals surface area contributed by atoms with Crippen LogP contribution in [0.25, 0.3) is 0 Å². The van der Waals surface area contributed by atoms with E-state index in [4.69, 9.17) is 4.55 Å². The Morgan fingerprint density at radius 1 is 1.50 bits per heavy atom. The van der Waals surface area contributed by atoms with Crippen LogP contribution in [0.1, 0.15) is 0 Å². The van der Waals surface area contributed by atoms with Crippen molar-refractivity contribution >= 4 is 47.9 Å². The van der Waals surface area contributed by atoms with E-state index in [1.54, 1.807) is 0 Å². The molecule has 2 radical (unpaired) electrons. The maximum Gasteiger partial charge on any atom is 0.261 e. The van der Waals surface area contributed by atoms with Gasteiger partial charge in [0.2, 0.25) is 0 Å². The summed E-state index contributed by atoms with van der Waals surface area (Å²) in [6.45, 7) is 0. The molecule has 0 aromatic carbocycles. The summed E-state index contributed by atoms with van der Waals surface area (Å²) < 4.78 is 25.9. The number of hydrogen-bond donors (Lipinski definition) is 1.